The Morgan fingerprint density at radius 2 is 2.05 bits per heavy atom. The predicted molar refractivity (Wildman–Crippen MR) is 74.7 cm³/mol. The van der Waals surface area contributed by atoms with Crippen LogP contribution in [0.3, 0.4) is 0 Å². The van der Waals surface area contributed by atoms with E-state index in [1.54, 1.807) is 0 Å². The van der Waals surface area contributed by atoms with Crippen molar-refractivity contribution in [2.24, 2.45) is 11.8 Å². The van der Waals surface area contributed by atoms with Gasteiger partial charge in [0.15, 0.2) is 0 Å². The van der Waals surface area contributed by atoms with Gasteiger partial charge in [0.05, 0.1) is 0 Å². The number of fused-ring (bicyclic) bond motifs is 1. The van der Waals surface area contributed by atoms with Crippen LogP contribution < -0.4 is 16.0 Å². The fourth-order valence-electron chi connectivity index (χ4n) is 3.32. The van der Waals surface area contributed by atoms with E-state index in [-0.39, 0.29) is 6.03 Å². The summed E-state index contributed by atoms with van der Waals surface area (Å²) in [5.74, 6) is 1.39. The van der Waals surface area contributed by atoms with Crippen LogP contribution in [0.2, 0.25) is 0 Å². The Morgan fingerprint density at radius 1 is 1.21 bits per heavy atom. The first kappa shape index (κ1) is 12.5. The molecule has 0 spiro atoms. The Kier molecular flexibility index (Phi) is 3.69. The maximum absolute atomic E-state index is 11.9. The van der Waals surface area contributed by atoms with Crippen LogP contribution in [0.25, 0.3) is 0 Å². The third-order valence-corrected chi connectivity index (χ3v) is 4.37. The van der Waals surface area contributed by atoms with Crippen LogP contribution in [0.1, 0.15) is 18.4 Å². The number of rotatable bonds is 3. The van der Waals surface area contributed by atoms with Crippen molar-refractivity contribution < 1.29 is 4.79 Å². The van der Waals surface area contributed by atoms with Crippen LogP contribution in [0.4, 0.5) is 4.79 Å². The molecule has 2 fully saturated rings. The second-order valence-electron chi connectivity index (χ2n) is 5.58. The molecule has 4 nitrogen and oxygen atoms in total. The summed E-state index contributed by atoms with van der Waals surface area (Å²) in [6.45, 7) is 2.76. The summed E-state index contributed by atoms with van der Waals surface area (Å²) in [4.78, 5) is 11.9. The van der Waals surface area contributed by atoms with Crippen molar-refractivity contribution in [2.45, 2.75) is 25.4 Å². The van der Waals surface area contributed by atoms with Crippen LogP contribution in [-0.4, -0.2) is 25.2 Å². The average Bonchev–Trinajstić information content (AvgIpc) is 3.03. The topological polar surface area (TPSA) is 53.2 Å². The highest BCUT2D eigenvalue weighted by atomic mass is 16.2. The molecule has 2 amide bonds. The van der Waals surface area contributed by atoms with Gasteiger partial charge in [0.1, 0.15) is 0 Å². The average molecular weight is 259 g/mol. The van der Waals surface area contributed by atoms with Crippen molar-refractivity contribution >= 4 is 6.03 Å². The maximum atomic E-state index is 11.9. The summed E-state index contributed by atoms with van der Waals surface area (Å²) in [6, 6.07) is 10.3. The normalized spacial score (nSPS) is 28.9. The number of benzene rings is 1. The second-order valence-corrected chi connectivity index (χ2v) is 5.58. The third kappa shape index (κ3) is 2.89. The summed E-state index contributed by atoms with van der Waals surface area (Å²) in [6.07, 6.45) is 2.36. The summed E-state index contributed by atoms with van der Waals surface area (Å²) in [5, 5.41) is 9.48. The molecule has 1 heterocycles. The number of hydrogen-bond donors (Lipinski definition) is 3. The molecule has 1 aliphatic carbocycles. The van der Waals surface area contributed by atoms with Crippen molar-refractivity contribution in [3.63, 3.8) is 0 Å². The highest BCUT2D eigenvalue weighted by molar-refractivity contribution is 5.74. The van der Waals surface area contributed by atoms with Crippen LogP contribution in [0.5, 0.6) is 0 Å². The molecule has 4 heteroatoms. The molecule has 1 aromatic carbocycles. The zero-order valence-corrected chi connectivity index (χ0v) is 11.1. The fourth-order valence-corrected chi connectivity index (χ4v) is 3.32. The van der Waals surface area contributed by atoms with Gasteiger partial charge in [0, 0.05) is 19.1 Å². The highest BCUT2D eigenvalue weighted by Crippen LogP contribution is 2.34. The van der Waals surface area contributed by atoms with E-state index in [9.17, 15) is 4.79 Å². The summed E-state index contributed by atoms with van der Waals surface area (Å²) in [7, 11) is 0. The maximum Gasteiger partial charge on any atom is 0.315 e. The largest absolute Gasteiger partial charge is 0.335 e. The SMILES string of the molecule is O=C(NCc1ccccc1)NC1CCC2CNCC21. The van der Waals surface area contributed by atoms with Gasteiger partial charge in [-0.25, -0.2) is 4.79 Å². The number of urea groups is 1. The van der Waals surface area contributed by atoms with Crippen LogP contribution in [0, 0.1) is 11.8 Å². The van der Waals surface area contributed by atoms with Gasteiger partial charge >= 0.3 is 6.03 Å². The predicted octanol–water partition coefficient (Wildman–Crippen LogP) is 1.48. The molecule has 1 saturated carbocycles. The van der Waals surface area contributed by atoms with Crippen molar-refractivity contribution in [1.82, 2.24) is 16.0 Å². The first-order valence-corrected chi connectivity index (χ1v) is 7.12. The fraction of sp³-hybridized carbons (Fsp3) is 0.533. The molecular formula is C15H21N3O. The molecule has 0 bridgehead atoms. The minimum atomic E-state index is -0.0404. The first-order valence-electron chi connectivity index (χ1n) is 7.12. The van der Waals surface area contributed by atoms with Gasteiger partial charge in [-0.1, -0.05) is 30.3 Å². The molecule has 3 atom stereocenters. The molecule has 102 valence electrons. The van der Waals surface area contributed by atoms with E-state index in [4.69, 9.17) is 0 Å². The van der Waals surface area contributed by atoms with Gasteiger partial charge < -0.3 is 16.0 Å². The lowest BCUT2D eigenvalue weighted by atomic mass is 9.98. The van der Waals surface area contributed by atoms with Gasteiger partial charge in [-0.05, 0) is 36.8 Å². The van der Waals surface area contributed by atoms with Crippen LogP contribution in [-0.2, 0) is 6.54 Å². The van der Waals surface area contributed by atoms with Gasteiger partial charge in [-0.2, -0.15) is 0 Å². The summed E-state index contributed by atoms with van der Waals surface area (Å²) in [5.41, 5.74) is 1.13. The Bertz CT molecular complexity index is 434. The number of hydrogen-bond acceptors (Lipinski definition) is 2. The molecular weight excluding hydrogens is 238 g/mol. The zero-order chi connectivity index (χ0) is 13.1. The quantitative estimate of drug-likeness (QED) is 0.770. The smallest absolute Gasteiger partial charge is 0.315 e. The van der Waals surface area contributed by atoms with Crippen molar-refractivity contribution in [3.8, 4) is 0 Å². The van der Waals surface area contributed by atoms with Crippen molar-refractivity contribution in [1.29, 1.82) is 0 Å². The number of nitrogens with one attached hydrogen (secondary N) is 3. The lowest BCUT2D eigenvalue weighted by molar-refractivity contribution is 0.233. The van der Waals surface area contributed by atoms with E-state index in [2.05, 4.69) is 16.0 Å². The molecule has 3 rings (SSSR count). The van der Waals surface area contributed by atoms with Crippen molar-refractivity contribution in [3.05, 3.63) is 35.9 Å². The van der Waals surface area contributed by atoms with E-state index in [0.717, 1.165) is 31.0 Å². The van der Waals surface area contributed by atoms with E-state index in [1.807, 2.05) is 30.3 Å². The molecule has 3 N–H and O–H groups in total. The van der Waals surface area contributed by atoms with Crippen LogP contribution >= 0.6 is 0 Å². The van der Waals surface area contributed by atoms with Crippen LogP contribution in [0.15, 0.2) is 30.3 Å². The van der Waals surface area contributed by atoms with E-state index in [0.29, 0.717) is 18.5 Å². The van der Waals surface area contributed by atoms with Gasteiger partial charge in [0.2, 0.25) is 0 Å². The van der Waals surface area contributed by atoms with E-state index in [1.165, 1.54) is 6.42 Å². The molecule has 3 unspecified atom stereocenters. The summed E-state index contributed by atoms with van der Waals surface area (Å²) < 4.78 is 0. The first-order chi connectivity index (χ1) is 9.33. The number of carbonyl (C=O) groups is 1. The zero-order valence-electron chi connectivity index (χ0n) is 11.1. The lowest BCUT2D eigenvalue weighted by Gasteiger charge is -2.19. The number of carbonyl (C=O) groups excluding carboxylic acids is 1. The number of amides is 2. The van der Waals surface area contributed by atoms with E-state index >= 15 is 0 Å². The molecule has 2 aliphatic rings. The second kappa shape index (κ2) is 5.61. The molecule has 1 saturated heterocycles. The molecule has 1 aromatic rings. The third-order valence-electron chi connectivity index (χ3n) is 4.37. The van der Waals surface area contributed by atoms with Gasteiger partial charge in [-0.3, -0.25) is 0 Å². The minimum Gasteiger partial charge on any atom is -0.335 e. The monoisotopic (exact) mass is 259 g/mol. The molecule has 1 aliphatic heterocycles. The van der Waals surface area contributed by atoms with Crippen molar-refractivity contribution in [2.75, 3.05) is 13.1 Å². The highest BCUT2D eigenvalue weighted by Gasteiger charge is 2.39. The molecule has 0 aromatic heterocycles. The van der Waals surface area contributed by atoms with E-state index < -0.39 is 0 Å². The Labute approximate surface area is 114 Å². The Balaban J connectivity index is 1.46. The lowest BCUT2D eigenvalue weighted by Crippen LogP contribution is -2.44. The summed E-state index contributed by atoms with van der Waals surface area (Å²) >= 11 is 0. The Hall–Kier alpha value is -1.55. The molecule has 0 radical (unpaired) electrons. The van der Waals surface area contributed by atoms with Gasteiger partial charge in [0.25, 0.3) is 0 Å². The standard InChI is InChI=1S/C15H21N3O/c19-15(17-8-11-4-2-1-3-5-11)18-14-7-6-12-9-16-10-13(12)14/h1-5,12-14,16H,6-10H2,(H2,17,18,19). The molecule has 19 heavy (non-hydrogen) atoms. The minimum absolute atomic E-state index is 0.0404. The van der Waals surface area contributed by atoms with Gasteiger partial charge in [-0.15, -0.1) is 0 Å². The Morgan fingerprint density at radius 3 is 2.89 bits per heavy atom.